The number of ether oxygens (including phenoxy) is 1. The Balaban J connectivity index is 2.56. The van der Waals surface area contributed by atoms with Crippen LogP contribution in [-0.4, -0.2) is 13.7 Å². The summed E-state index contributed by atoms with van der Waals surface area (Å²) in [7, 11) is 1.73. The van der Waals surface area contributed by atoms with Gasteiger partial charge in [0.25, 0.3) is 0 Å². The van der Waals surface area contributed by atoms with Crippen LogP contribution in [0, 0.1) is 0 Å². The summed E-state index contributed by atoms with van der Waals surface area (Å²) in [6, 6.07) is 6.64. The van der Waals surface area contributed by atoms with Crippen molar-refractivity contribution in [2.75, 3.05) is 13.7 Å². The summed E-state index contributed by atoms with van der Waals surface area (Å²) in [5.41, 5.74) is 1.31. The highest BCUT2D eigenvalue weighted by Crippen LogP contribution is 2.30. The highest BCUT2D eigenvalue weighted by atomic mass is 79.9. The van der Waals surface area contributed by atoms with Gasteiger partial charge in [-0.15, -0.1) is 0 Å². The van der Waals surface area contributed by atoms with Crippen molar-refractivity contribution in [1.29, 1.82) is 0 Å². The molecular weight excluding hydrogens is 326 g/mol. The molecular formula is C18H30BrNO. The Bertz CT molecular complexity index is 395. The Hall–Kier alpha value is -0.540. The van der Waals surface area contributed by atoms with Crippen LogP contribution in [0.4, 0.5) is 0 Å². The predicted molar refractivity (Wildman–Crippen MR) is 95.1 cm³/mol. The normalized spacial score (nSPS) is 12.4. The van der Waals surface area contributed by atoms with Crippen molar-refractivity contribution in [3.8, 4) is 5.75 Å². The van der Waals surface area contributed by atoms with E-state index in [2.05, 4.69) is 47.2 Å². The fraction of sp³-hybridized carbons (Fsp3) is 0.667. The van der Waals surface area contributed by atoms with Crippen LogP contribution < -0.4 is 10.1 Å². The average molecular weight is 356 g/mol. The minimum Gasteiger partial charge on any atom is -0.497 e. The number of halogens is 1. The molecule has 1 aromatic rings. The Kier molecular flexibility index (Phi) is 9.77. The number of benzene rings is 1. The van der Waals surface area contributed by atoms with Crippen molar-refractivity contribution >= 4 is 15.9 Å². The number of unbranched alkanes of at least 4 members (excludes halogenated alkanes) is 5. The number of methoxy groups -OCH3 is 1. The molecule has 0 spiro atoms. The first-order valence-corrected chi connectivity index (χ1v) is 9.09. The largest absolute Gasteiger partial charge is 0.497 e. The molecule has 1 atom stereocenters. The van der Waals surface area contributed by atoms with Crippen LogP contribution in [-0.2, 0) is 0 Å². The molecule has 2 nitrogen and oxygen atoms in total. The van der Waals surface area contributed by atoms with E-state index in [1.54, 1.807) is 7.11 Å². The van der Waals surface area contributed by atoms with Gasteiger partial charge in [-0.2, -0.15) is 0 Å². The molecule has 0 saturated heterocycles. The molecule has 1 N–H and O–H groups in total. The lowest BCUT2D eigenvalue weighted by atomic mass is 9.99. The van der Waals surface area contributed by atoms with Crippen LogP contribution in [0.3, 0.4) is 0 Å². The first-order valence-electron chi connectivity index (χ1n) is 8.29. The third-order valence-corrected chi connectivity index (χ3v) is 4.60. The molecule has 0 saturated carbocycles. The third kappa shape index (κ3) is 6.84. The van der Waals surface area contributed by atoms with Gasteiger partial charge < -0.3 is 10.1 Å². The average Bonchev–Trinajstić information content (AvgIpc) is 2.50. The van der Waals surface area contributed by atoms with E-state index in [-0.39, 0.29) is 0 Å². The van der Waals surface area contributed by atoms with Crippen molar-refractivity contribution in [1.82, 2.24) is 5.32 Å². The van der Waals surface area contributed by atoms with Gasteiger partial charge in [-0.3, -0.25) is 0 Å². The predicted octanol–water partition coefficient (Wildman–Crippen LogP) is 5.86. The minimum atomic E-state index is 0.408. The fourth-order valence-corrected chi connectivity index (χ4v) is 3.18. The molecule has 0 heterocycles. The van der Waals surface area contributed by atoms with Crippen molar-refractivity contribution < 1.29 is 4.74 Å². The van der Waals surface area contributed by atoms with Crippen LogP contribution in [0.15, 0.2) is 22.7 Å². The molecule has 120 valence electrons. The lowest BCUT2D eigenvalue weighted by Gasteiger charge is -2.20. The van der Waals surface area contributed by atoms with Crippen molar-refractivity contribution in [3.63, 3.8) is 0 Å². The van der Waals surface area contributed by atoms with Gasteiger partial charge in [-0.1, -0.05) is 68.3 Å². The minimum absolute atomic E-state index is 0.408. The second-order valence-electron chi connectivity index (χ2n) is 5.55. The SMILES string of the molecule is CCCCCCCCC(NCC)c1cc(OC)ccc1Br. The maximum atomic E-state index is 5.36. The molecule has 1 rings (SSSR count). The maximum Gasteiger partial charge on any atom is 0.119 e. The van der Waals surface area contributed by atoms with Gasteiger partial charge in [0.15, 0.2) is 0 Å². The van der Waals surface area contributed by atoms with Crippen LogP contribution in [0.2, 0.25) is 0 Å². The molecule has 0 aliphatic heterocycles. The Morgan fingerprint density at radius 1 is 1.10 bits per heavy atom. The van der Waals surface area contributed by atoms with Crippen LogP contribution >= 0.6 is 15.9 Å². The second-order valence-corrected chi connectivity index (χ2v) is 6.41. The number of rotatable bonds is 11. The quantitative estimate of drug-likeness (QED) is 0.502. The van der Waals surface area contributed by atoms with Crippen LogP contribution in [0.1, 0.15) is 70.4 Å². The van der Waals surface area contributed by atoms with E-state index in [0.29, 0.717) is 6.04 Å². The summed E-state index contributed by atoms with van der Waals surface area (Å²) in [6.07, 6.45) is 9.24. The van der Waals surface area contributed by atoms with E-state index in [9.17, 15) is 0 Å². The van der Waals surface area contributed by atoms with Crippen molar-refractivity contribution in [2.24, 2.45) is 0 Å². The van der Waals surface area contributed by atoms with Crippen molar-refractivity contribution in [2.45, 2.75) is 64.8 Å². The van der Waals surface area contributed by atoms with Crippen molar-refractivity contribution in [3.05, 3.63) is 28.2 Å². The van der Waals surface area contributed by atoms with E-state index in [1.165, 1.54) is 55.0 Å². The molecule has 3 heteroatoms. The smallest absolute Gasteiger partial charge is 0.119 e. The lowest BCUT2D eigenvalue weighted by molar-refractivity contribution is 0.411. The fourth-order valence-electron chi connectivity index (χ4n) is 2.66. The van der Waals surface area contributed by atoms with Gasteiger partial charge >= 0.3 is 0 Å². The van der Waals surface area contributed by atoms with E-state index in [1.807, 2.05) is 6.07 Å². The molecule has 0 aromatic heterocycles. The summed E-state index contributed by atoms with van der Waals surface area (Å²) in [5, 5.41) is 3.61. The van der Waals surface area contributed by atoms with E-state index < -0.39 is 0 Å². The van der Waals surface area contributed by atoms with E-state index in [0.717, 1.165) is 12.3 Å². The molecule has 0 amide bonds. The summed E-state index contributed by atoms with van der Waals surface area (Å²) >= 11 is 3.68. The molecule has 21 heavy (non-hydrogen) atoms. The number of hydrogen-bond donors (Lipinski definition) is 1. The third-order valence-electron chi connectivity index (χ3n) is 3.88. The van der Waals surface area contributed by atoms with Crippen LogP contribution in [0.25, 0.3) is 0 Å². The molecule has 0 aliphatic rings. The standard InChI is InChI=1S/C18H30BrNO/c1-4-6-7-8-9-10-11-18(20-5-2)16-14-15(21-3)12-13-17(16)19/h12-14,18,20H,4-11H2,1-3H3. The maximum absolute atomic E-state index is 5.36. The Labute approximate surface area is 138 Å². The molecule has 1 aromatic carbocycles. The zero-order valence-electron chi connectivity index (χ0n) is 13.8. The second kappa shape index (κ2) is 11.1. The van der Waals surface area contributed by atoms with Gasteiger partial charge in [0, 0.05) is 10.5 Å². The topological polar surface area (TPSA) is 21.3 Å². The number of hydrogen-bond acceptors (Lipinski definition) is 2. The van der Waals surface area contributed by atoms with E-state index in [4.69, 9.17) is 4.74 Å². The highest BCUT2D eigenvalue weighted by Gasteiger charge is 2.14. The number of nitrogens with one attached hydrogen (secondary N) is 1. The molecule has 1 unspecified atom stereocenters. The van der Waals surface area contributed by atoms with Gasteiger partial charge in [0.2, 0.25) is 0 Å². The molecule has 0 aliphatic carbocycles. The Morgan fingerprint density at radius 2 is 1.81 bits per heavy atom. The lowest BCUT2D eigenvalue weighted by Crippen LogP contribution is -2.21. The van der Waals surface area contributed by atoms with Gasteiger partial charge in [-0.25, -0.2) is 0 Å². The first-order chi connectivity index (χ1) is 10.2. The molecule has 0 radical (unpaired) electrons. The Morgan fingerprint density at radius 3 is 2.48 bits per heavy atom. The van der Waals surface area contributed by atoms with E-state index >= 15 is 0 Å². The molecule has 0 bridgehead atoms. The van der Waals surface area contributed by atoms with Gasteiger partial charge in [-0.05, 0) is 36.7 Å². The summed E-state index contributed by atoms with van der Waals surface area (Å²) in [6.45, 7) is 5.42. The van der Waals surface area contributed by atoms with Gasteiger partial charge in [0.1, 0.15) is 5.75 Å². The monoisotopic (exact) mass is 355 g/mol. The molecule has 0 fully saturated rings. The highest BCUT2D eigenvalue weighted by molar-refractivity contribution is 9.10. The summed E-state index contributed by atoms with van der Waals surface area (Å²) in [5.74, 6) is 0.930. The van der Waals surface area contributed by atoms with Crippen LogP contribution in [0.5, 0.6) is 5.75 Å². The zero-order chi connectivity index (χ0) is 15.5. The van der Waals surface area contributed by atoms with Gasteiger partial charge in [0.05, 0.1) is 7.11 Å². The zero-order valence-corrected chi connectivity index (χ0v) is 15.3. The summed E-state index contributed by atoms with van der Waals surface area (Å²) < 4.78 is 6.53. The summed E-state index contributed by atoms with van der Waals surface area (Å²) in [4.78, 5) is 0. The first kappa shape index (κ1) is 18.5.